The average Bonchev–Trinajstić information content (AvgIpc) is 2.79. The summed E-state index contributed by atoms with van der Waals surface area (Å²) >= 11 is 0. The Morgan fingerprint density at radius 3 is 2.15 bits per heavy atom. The molecular formula is C16H31NO3. The van der Waals surface area contributed by atoms with Gasteiger partial charge >= 0.3 is 0 Å². The van der Waals surface area contributed by atoms with Gasteiger partial charge < -0.3 is 14.6 Å². The molecular weight excluding hydrogens is 254 g/mol. The Kier molecular flexibility index (Phi) is 5.46. The molecule has 2 fully saturated rings. The summed E-state index contributed by atoms with van der Waals surface area (Å²) < 4.78 is 11.7. The summed E-state index contributed by atoms with van der Waals surface area (Å²) in [7, 11) is 0. The summed E-state index contributed by atoms with van der Waals surface area (Å²) in [6, 6.07) is 0.159. The van der Waals surface area contributed by atoms with Crippen molar-refractivity contribution < 1.29 is 14.6 Å². The Bertz CT molecular complexity index is 290. The van der Waals surface area contributed by atoms with Gasteiger partial charge in [0.05, 0.1) is 19.3 Å². The molecule has 2 rings (SSSR count). The molecule has 4 nitrogen and oxygen atoms in total. The van der Waals surface area contributed by atoms with Crippen LogP contribution >= 0.6 is 0 Å². The van der Waals surface area contributed by atoms with E-state index in [0.29, 0.717) is 25.0 Å². The number of aliphatic hydroxyl groups is 1. The lowest BCUT2D eigenvalue weighted by atomic mass is 9.85. The van der Waals surface area contributed by atoms with Crippen molar-refractivity contribution in [2.75, 3.05) is 26.3 Å². The van der Waals surface area contributed by atoms with Gasteiger partial charge in [0.2, 0.25) is 0 Å². The van der Waals surface area contributed by atoms with Gasteiger partial charge in [-0.3, -0.25) is 4.90 Å². The van der Waals surface area contributed by atoms with E-state index in [-0.39, 0.29) is 12.1 Å². The number of aliphatic hydroxyl groups excluding tert-OH is 1. The van der Waals surface area contributed by atoms with Crippen LogP contribution in [0.15, 0.2) is 0 Å². The Morgan fingerprint density at radius 1 is 1.10 bits per heavy atom. The van der Waals surface area contributed by atoms with Gasteiger partial charge in [0.25, 0.3) is 0 Å². The second-order valence-corrected chi connectivity index (χ2v) is 7.23. The molecule has 4 heteroatoms. The van der Waals surface area contributed by atoms with Gasteiger partial charge in [0.1, 0.15) is 0 Å². The van der Waals surface area contributed by atoms with E-state index >= 15 is 0 Å². The molecule has 20 heavy (non-hydrogen) atoms. The first kappa shape index (κ1) is 16.2. The zero-order valence-corrected chi connectivity index (χ0v) is 13.5. The number of hydrogen-bond donors (Lipinski definition) is 1. The lowest BCUT2D eigenvalue weighted by molar-refractivity contribution is -0.206. The maximum atomic E-state index is 10.5. The number of rotatable bonds is 5. The molecule has 1 aliphatic carbocycles. The van der Waals surface area contributed by atoms with Crippen molar-refractivity contribution in [2.45, 2.75) is 64.9 Å². The molecule has 1 saturated heterocycles. The van der Waals surface area contributed by atoms with Gasteiger partial charge in [-0.2, -0.15) is 0 Å². The van der Waals surface area contributed by atoms with Crippen molar-refractivity contribution in [2.24, 2.45) is 11.8 Å². The van der Waals surface area contributed by atoms with Gasteiger partial charge in [0.15, 0.2) is 5.79 Å². The predicted molar refractivity (Wildman–Crippen MR) is 79.5 cm³/mol. The van der Waals surface area contributed by atoms with Crippen molar-refractivity contribution in [1.82, 2.24) is 4.90 Å². The van der Waals surface area contributed by atoms with Crippen LogP contribution in [-0.2, 0) is 9.47 Å². The van der Waals surface area contributed by atoms with Crippen LogP contribution in [0.25, 0.3) is 0 Å². The zero-order chi connectivity index (χ0) is 14.8. The Morgan fingerprint density at radius 2 is 1.65 bits per heavy atom. The van der Waals surface area contributed by atoms with Crippen LogP contribution in [0.2, 0.25) is 0 Å². The third-order valence-electron chi connectivity index (χ3n) is 4.27. The zero-order valence-electron chi connectivity index (χ0n) is 13.5. The lowest BCUT2D eigenvalue weighted by Gasteiger charge is -2.45. The van der Waals surface area contributed by atoms with Crippen molar-refractivity contribution in [3.8, 4) is 0 Å². The fourth-order valence-corrected chi connectivity index (χ4v) is 3.53. The van der Waals surface area contributed by atoms with E-state index in [4.69, 9.17) is 9.47 Å². The van der Waals surface area contributed by atoms with E-state index in [9.17, 15) is 5.11 Å². The van der Waals surface area contributed by atoms with Gasteiger partial charge in [-0.25, -0.2) is 0 Å². The van der Waals surface area contributed by atoms with E-state index < -0.39 is 5.79 Å². The van der Waals surface area contributed by atoms with E-state index in [1.165, 1.54) is 0 Å². The first-order valence-electron chi connectivity index (χ1n) is 8.12. The highest BCUT2D eigenvalue weighted by molar-refractivity contribution is 4.93. The second-order valence-electron chi connectivity index (χ2n) is 7.23. The molecule has 1 aliphatic heterocycles. The van der Waals surface area contributed by atoms with E-state index in [1.54, 1.807) is 0 Å². The summed E-state index contributed by atoms with van der Waals surface area (Å²) in [6.45, 7) is 12.4. The quantitative estimate of drug-likeness (QED) is 0.841. The van der Waals surface area contributed by atoms with Gasteiger partial charge in [-0.15, -0.1) is 0 Å². The topological polar surface area (TPSA) is 41.9 Å². The van der Waals surface area contributed by atoms with Crippen LogP contribution in [-0.4, -0.2) is 54.2 Å². The maximum Gasteiger partial charge on any atom is 0.170 e. The monoisotopic (exact) mass is 285 g/mol. The van der Waals surface area contributed by atoms with E-state index in [1.807, 2.05) is 0 Å². The third kappa shape index (κ3) is 3.94. The maximum absolute atomic E-state index is 10.5. The lowest BCUT2D eigenvalue weighted by Crippen LogP contribution is -2.54. The molecule has 0 bridgehead atoms. The SMILES string of the molecule is CC(C)CN(CC(C)C)C1CC2(CCC1O)OCCO2. The van der Waals surface area contributed by atoms with Gasteiger partial charge in [-0.1, -0.05) is 27.7 Å². The fraction of sp³-hybridized carbons (Fsp3) is 1.00. The summed E-state index contributed by atoms with van der Waals surface area (Å²) in [5, 5.41) is 10.5. The number of nitrogens with zero attached hydrogens (tertiary/aromatic N) is 1. The fourth-order valence-electron chi connectivity index (χ4n) is 3.53. The largest absolute Gasteiger partial charge is 0.391 e. The van der Waals surface area contributed by atoms with Crippen LogP contribution in [0.4, 0.5) is 0 Å². The minimum atomic E-state index is -0.421. The highest BCUT2D eigenvalue weighted by Gasteiger charge is 2.46. The number of ether oxygens (including phenoxy) is 2. The Balaban J connectivity index is 2.07. The molecule has 2 aliphatic rings. The molecule has 1 saturated carbocycles. The van der Waals surface area contributed by atoms with Gasteiger partial charge in [0, 0.05) is 32.0 Å². The minimum absolute atomic E-state index is 0.159. The Labute approximate surface area is 123 Å². The minimum Gasteiger partial charge on any atom is -0.391 e. The van der Waals surface area contributed by atoms with Crippen molar-refractivity contribution >= 4 is 0 Å². The molecule has 0 amide bonds. The molecule has 2 atom stereocenters. The van der Waals surface area contributed by atoms with E-state index in [0.717, 1.165) is 32.4 Å². The molecule has 2 unspecified atom stereocenters. The van der Waals surface area contributed by atoms with Crippen molar-refractivity contribution in [3.63, 3.8) is 0 Å². The summed E-state index contributed by atoms with van der Waals surface area (Å²) in [5.41, 5.74) is 0. The number of hydrogen-bond acceptors (Lipinski definition) is 4. The molecule has 1 N–H and O–H groups in total. The molecule has 0 aromatic rings. The summed E-state index contributed by atoms with van der Waals surface area (Å²) in [6.07, 6.45) is 2.14. The highest BCUT2D eigenvalue weighted by atomic mass is 16.7. The van der Waals surface area contributed by atoms with Crippen molar-refractivity contribution in [1.29, 1.82) is 0 Å². The molecule has 0 aromatic carbocycles. The third-order valence-corrected chi connectivity index (χ3v) is 4.27. The van der Waals surface area contributed by atoms with Crippen LogP contribution in [0.5, 0.6) is 0 Å². The van der Waals surface area contributed by atoms with Crippen LogP contribution in [0, 0.1) is 11.8 Å². The average molecular weight is 285 g/mol. The van der Waals surface area contributed by atoms with Crippen LogP contribution in [0.1, 0.15) is 47.0 Å². The molecule has 1 heterocycles. The normalized spacial score (nSPS) is 30.0. The first-order chi connectivity index (χ1) is 9.42. The van der Waals surface area contributed by atoms with Crippen LogP contribution in [0.3, 0.4) is 0 Å². The summed E-state index contributed by atoms with van der Waals surface area (Å²) in [4.78, 5) is 2.45. The van der Waals surface area contributed by atoms with Crippen LogP contribution < -0.4 is 0 Å². The Hall–Kier alpha value is -0.160. The smallest absolute Gasteiger partial charge is 0.170 e. The standard InChI is InChI=1S/C16H31NO3/c1-12(2)10-17(11-13(3)4)14-9-16(6-5-15(14)18)19-7-8-20-16/h12-15,18H,5-11H2,1-4H3. The highest BCUT2D eigenvalue weighted by Crippen LogP contribution is 2.38. The molecule has 118 valence electrons. The predicted octanol–water partition coefficient (Wildman–Crippen LogP) is 2.26. The van der Waals surface area contributed by atoms with Gasteiger partial charge in [-0.05, 0) is 18.3 Å². The molecule has 1 spiro atoms. The first-order valence-corrected chi connectivity index (χ1v) is 8.12. The second kappa shape index (κ2) is 6.73. The molecule has 0 aromatic heterocycles. The van der Waals surface area contributed by atoms with Crippen molar-refractivity contribution in [3.05, 3.63) is 0 Å². The molecule has 0 radical (unpaired) electrons. The summed E-state index contributed by atoms with van der Waals surface area (Å²) in [5.74, 6) is 0.782. The van der Waals surface area contributed by atoms with E-state index in [2.05, 4.69) is 32.6 Å².